The second-order valence-corrected chi connectivity index (χ2v) is 15.6. The normalized spacial score (nSPS) is 13.8. The van der Waals surface area contributed by atoms with E-state index in [-0.39, 0.29) is 36.4 Å². The molecule has 5 heterocycles. The van der Waals surface area contributed by atoms with Gasteiger partial charge in [-0.2, -0.15) is 0 Å². The zero-order valence-corrected chi connectivity index (χ0v) is 36.6. The minimum absolute atomic E-state index is 0.0461. The first-order valence-electron chi connectivity index (χ1n) is 19.6. The molecule has 3 amide bonds. The highest BCUT2D eigenvalue weighted by Crippen LogP contribution is 2.42. The molecule has 1 fully saturated rings. The zero-order chi connectivity index (χ0) is 42.1. The number of aromatic nitrogens is 4. The molecule has 1 saturated heterocycles. The summed E-state index contributed by atoms with van der Waals surface area (Å²) in [6, 6.07) is 10.5. The molecule has 4 N–H and O–H groups in total. The van der Waals surface area contributed by atoms with E-state index in [4.69, 9.17) is 9.78 Å². The number of alkyl carbamates (subject to hydrolysis) is 1. The summed E-state index contributed by atoms with van der Waals surface area (Å²) >= 11 is 3.44. The summed E-state index contributed by atoms with van der Waals surface area (Å²) in [5.41, 5.74) is 3.89. The first kappa shape index (κ1) is 46.6. The van der Waals surface area contributed by atoms with Gasteiger partial charge in [-0.05, 0) is 62.1 Å². The number of carbonyl (C=O) groups excluding carboxylic acids is 4. The number of carbonyl (C=O) groups is 4. The second kappa shape index (κ2) is 23.4. The van der Waals surface area contributed by atoms with Crippen molar-refractivity contribution in [2.24, 2.45) is 5.92 Å². The third-order valence-corrected chi connectivity index (χ3v) is 11.2. The predicted octanol–water partition coefficient (Wildman–Crippen LogP) is 8.13. The van der Waals surface area contributed by atoms with Crippen molar-refractivity contribution in [3.8, 4) is 21.0 Å². The maximum absolute atomic E-state index is 13.4. The number of fused-ring (bicyclic) bond motifs is 2. The predicted molar refractivity (Wildman–Crippen MR) is 230 cm³/mol. The van der Waals surface area contributed by atoms with Gasteiger partial charge in [0.15, 0.2) is 0 Å². The Morgan fingerprint density at radius 1 is 1.05 bits per heavy atom. The average molecular weight is 825 g/mol. The van der Waals surface area contributed by atoms with Gasteiger partial charge in [-0.25, -0.2) is 14.8 Å². The van der Waals surface area contributed by atoms with Gasteiger partial charge in [0.25, 0.3) is 6.47 Å². The Labute approximate surface area is 344 Å². The highest BCUT2D eigenvalue weighted by Gasteiger charge is 2.36. The summed E-state index contributed by atoms with van der Waals surface area (Å²) in [7, 11) is 4.43. The van der Waals surface area contributed by atoms with Crippen molar-refractivity contribution in [1.82, 2.24) is 40.4 Å². The number of methoxy groups -OCH3 is 2. The Hall–Kier alpha value is -4.80. The number of ether oxygens (including phenoxy) is 2. The van der Waals surface area contributed by atoms with Crippen molar-refractivity contribution < 1.29 is 28.7 Å². The van der Waals surface area contributed by atoms with Crippen LogP contribution in [0.15, 0.2) is 36.5 Å². The number of likely N-dealkylation sites (N-methyl/N-ethyl adjacent to an activating group) is 1. The van der Waals surface area contributed by atoms with Crippen LogP contribution in [0.2, 0.25) is 0 Å². The molecule has 0 radical (unpaired) electrons. The molecule has 1 aromatic carbocycles. The van der Waals surface area contributed by atoms with E-state index in [1.807, 2.05) is 32.7 Å². The van der Waals surface area contributed by atoms with Crippen molar-refractivity contribution in [3.05, 3.63) is 48.2 Å². The number of amides is 3. The lowest BCUT2D eigenvalue weighted by atomic mass is 10.0. The Kier molecular flexibility index (Phi) is 19.2. The number of hydrogen-bond donors (Lipinski definition) is 4. The van der Waals surface area contributed by atoms with Gasteiger partial charge >= 0.3 is 6.09 Å². The van der Waals surface area contributed by atoms with Crippen LogP contribution in [0.25, 0.3) is 41.4 Å². The van der Waals surface area contributed by atoms with E-state index >= 15 is 0 Å². The second-order valence-electron chi connectivity index (χ2n) is 13.4. The number of imidazole rings is 2. The minimum Gasteiger partial charge on any atom is -0.471 e. The molecule has 312 valence electrons. The molecule has 57 heavy (non-hydrogen) atoms. The minimum atomic E-state index is -0.637. The fraction of sp³-hybridized carbons (Fsp3) is 0.512. The van der Waals surface area contributed by atoms with Crippen LogP contribution in [-0.4, -0.2) is 101 Å². The molecule has 2 unspecified atom stereocenters. The topological polar surface area (TPSA) is 175 Å². The van der Waals surface area contributed by atoms with E-state index in [0.29, 0.717) is 25.4 Å². The third kappa shape index (κ3) is 12.3. The number of thiophene rings is 2. The lowest BCUT2D eigenvalue weighted by molar-refractivity contribution is -0.135. The van der Waals surface area contributed by atoms with E-state index in [9.17, 15) is 14.4 Å². The van der Waals surface area contributed by atoms with Crippen molar-refractivity contribution in [2.45, 2.75) is 92.8 Å². The van der Waals surface area contributed by atoms with E-state index < -0.39 is 6.09 Å². The maximum atomic E-state index is 13.4. The lowest BCUT2D eigenvalue weighted by Gasteiger charge is -2.29. The van der Waals surface area contributed by atoms with E-state index in [0.717, 1.165) is 58.8 Å². The molecular formula is C41H60N8O6S2. The highest BCUT2D eigenvalue weighted by atomic mass is 32.1. The zero-order valence-electron chi connectivity index (χ0n) is 35.0. The number of hydrogen-bond acceptors (Lipinski definition) is 11. The van der Waals surface area contributed by atoms with Gasteiger partial charge in [0.1, 0.15) is 18.2 Å². The van der Waals surface area contributed by atoms with Gasteiger partial charge in [-0.3, -0.25) is 14.4 Å². The standard InChI is InChI=1S/C34H42N8O4S2.C3H8.C2H4O2.C2H6/c1-6-11-41(30(43)17-37-34(45)46-5)18-29-36-16-23(38-29)26-15-28-27(48-26)14-25(47-28)20-9-10-21-22(13-20)40-32(39-21)24-8-7-12-42(24)33(44)31(35-4)19(2)3;1-3-2;1-4-2-3;1-2/h9-10,13-16,19,24,31,35H,6-8,11-12,17-18H2,1-5H3,(H,36,38)(H,37,45)(H,39,40);3H2,1-2H3;2H,1H3;1-2H3. The first-order valence-corrected chi connectivity index (χ1v) is 21.3. The summed E-state index contributed by atoms with van der Waals surface area (Å²) in [5.74, 6) is 1.68. The van der Waals surface area contributed by atoms with Crippen LogP contribution >= 0.6 is 22.7 Å². The van der Waals surface area contributed by atoms with Crippen molar-refractivity contribution in [1.29, 1.82) is 0 Å². The fourth-order valence-corrected chi connectivity index (χ4v) is 8.69. The summed E-state index contributed by atoms with van der Waals surface area (Å²) < 4.78 is 10.8. The summed E-state index contributed by atoms with van der Waals surface area (Å²) in [6.45, 7) is 16.3. The van der Waals surface area contributed by atoms with Gasteiger partial charge < -0.3 is 39.9 Å². The van der Waals surface area contributed by atoms with Crippen LogP contribution < -0.4 is 10.6 Å². The van der Waals surface area contributed by atoms with Gasteiger partial charge in [0, 0.05) is 27.4 Å². The summed E-state index contributed by atoms with van der Waals surface area (Å²) in [4.78, 5) is 68.7. The molecule has 1 aliphatic rings. The van der Waals surface area contributed by atoms with Crippen LogP contribution in [0.5, 0.6) is 0 Å². The van der Waals surface area contributed by atoms with Crippen LogP contribution in [0.3, 0.4) is 0 Å². The molecule has 0 bridgehead atoms. The third-order valence-electron chi connectivity index (χ3n) is 8.83. The number of H-pyrrole nitrogens is 2. The van der Waals surface area contributed by atoms with Crippen molar-refractivity contribution in [3.63, 3.8) is 0 Å². The molecule has 1 aliphatic heterocycles. The number of rotatable bonds is 13. The molecule has 4 aromatic heterocycles. The smallest absolute Gasteiger partial charge is 0.407 e. The van der Waals surface area contributed by atoms with Crippen LogP contribution in [0.4, 0.5) is 4.79 Å². The Morgan fingerprint density at radius 3 is 2.33 bits per heavy atom. The largest absolute Gasteiger partial charge is 0.471 e. The number of aromatic amines is 2. The average Bonchev–Trinajstić information content (AvgIpc) is 4.06. The van der Waals surface area contributed by atoms with Gasteiger partial charge in [0.05, 0.1) is 60.6 Å². The molecule has 5 aromatic rings. The molecule has 0 saturated carbocycles. The Bertz CT molecular complexity index is 1990. The monoisotopic (exact) mass is 824 g/mol. The number of nitrogens with zero attached hydrogens (tertiary/aromatic N) is 4. The number of benzene rings is 1. The van der Waals surface area contributed by atoms with E-state index in [2.05, 4.69) is 93.1 Å². The van der Waals surface area contributed by atoms with Crippen LogP contribution in [0.1, 0.15) is 91.8 Å². The van der Waals surface area contributed by atoms with Gasteiger partial charge in [-0.1, -0.05) is 61.0 Å². The molecule has 16 heteroatoms. The van der Waals surface area contributed by atoms with Crippen LogP contribution in [-0.2, 0) is 30.4 Å². The van der Waals surface area contributed by atoms with Crippen molar-refractivity contribution in [2.75, 3.05) is 40.9 Å². The SMILES string of the molecule is CC.CCC.CCCN(Cc1ncc(-c2cc3sc(-c4ccc5nc(C6CCCN6C(=O)C(NC)C(C)C)[nH]c5c4)cc3s2)[nH]1)C(=O)CNC(=O)OC.COC=O. The van der Waals surface area contributed by atoms with Gasteiger partial charge in [-0.15, -0.1) is 22.7 Å². The number of nitrogens with one attached hydrogen (secondary N) is 4. The Balaban J connectivity index is 0.000000885. The molecule has 6 rings (SSSR count). The summed E-state index contributed by atoms with van der Waals surface area (Å²) in [6.07, 6.45) is 5.07. The molecule has 0 spiro atoms. The highest BCUT2D eigenvalue weighted by molar-refractivity contribution is 7.31. The molecular weight excluding hydrogens is 765 g/mol. The summed E-state index contributed by atoms with van der Waals surface area (Å²) in [5, 5.41) is 5.65. The quantitative estimate of drug-likeness (QED) is 0.0855. The van der Waals surface area contributed by atoms with Crippen molar-refractivity contribution >= 4 is 67.5 Å². The maximum Gasteiger partial charge on any atom is 0.407 e. The fourth-order valence-electron chi connectivity index (χ4n) is 6.33. The molecule has 0 aliphatic carbocycles. The molecule has 2 atom stereocenters. The Morgan fingerprint density at radius 2 is 1.72 bits per heavy atom. The van der Waals surface area contributed by atoms with Gasteiger partial charge in [0.2, 0.25) is 11.8 Å². The van der Waals surface area contributed by atoms with E-state index in [1.54, 1.807) is 33.8 Å². The van der Waals surface area contributed by atoms with Crippen LogP contribution in [0, 0.1) is 5.92 Å². The first-order chi connectivity index (χ1) is 27.5. The van der Waals surface area contributed by atoms with E-state index in [1.165, 1.54) is 34.9 Å². The lowest BCUT2D eigenvalue weighted by Crippen LogP contribution is -2.47. The number of likely N-dealkylation sites (tertiary alicyclic amines) is 1. The molecule has 14 nitrogen and oxygen atoms in total.